The van der Waals surface area contributed by atoms with Crippen LogP contribution in [0.2, 0.25) is 5.02 Å². The van der Waals surface area contributed by atoms with E-state index in [9.17, 15) is 28.1 Å². The van der Waals surface area contributed by atoms with Crippen molar-refractivity contribution in [3.63, 3.8) is 0 Å². The van der Waals surface area contributed by atoms with E-state index in [0.717, 1.165) is 46.0 Å². The highest BCUT2D eigenvalue weighted by atomic mass is 35.5. The number of benzene rings is 6. The van der Waals surface area contributed by atoms with Crippen molar-refractivity contribution in [3.8, 4) is 16.9 Å². The number of carbonyl (C=O) groups excluding carboxylic acids is 2. The van der Waals surface area contributed by atoms with E-state index in [1.165, 1.54) is 0 Å². The van der Waals surface area contributed by atoms with Gasteiger partial charge in [0.25, 0.3) is 27.5 Å². The van der Waals surface area contributed by atoms with Crippen LogP contribution in [0.3, 0.4) is 0 Å². The zero-order valence-electron chi connectivity index (χ0n) is 30.2. The van der Waals surface area contributed by atoms with Gasteiger partial charge in [-0.2, -0.15) is 0 Å². The highest BCUT2D eigenvalue weighted by molar-refractivity contribution is 7.90. The van der Waals surface area contributed by atoms with Crippen molar-refractivity contribution < 1.29 is 27.7 Å². The summed E-state index contributed by atoms with van der Waals surface area (Å²) in [6, 6.07) is 43.6. The Labute approximate surface area is 333 Å². The van der Waals surface area contributed by atoms with E-state index in [2.05, 4.69) is 5.32 Å². The molecule has 0 radical (unpaired) electrons. The SMILES string of the molecule is O=C(N[C@@H](Cc1ccc(OCc2ccccc2)cc1)C(=O)NS(=O)(=O)c1ccc(Cl)c([N+](=O)[O-])c1)c1cn(Cc2ccc(-c3ccccc3)cc2)c2ccccc12. The number of nitro benzene ring substituents is 1. The van der Waals surface area contributed by atoms with E-state index in [1.807, 2.05) is 112 Å². The molecule has 13 heteroatoms. The number of para-hydroxylation sites is 1. The summed E-state index contributed by atoms with van der Waals surface area (Å²) in [5, 5.41) is 14.6. The fourth-order valence-electron chi connectivity index (χ4n) is 6.39. The minimum atomic E-state index is -4.63. The van der Waals surface area contributed by atoms with Crippen LogP contribution in [0.15, 0.2) is 163 Å². The summed E-state index contributed by atoms with van der Waals surface area (Å²) >= 11 is 5.90. The molecule has 1 atom stereocenters. The lowest BCUT2D eigenvalue weighted by Gasteiger charge is -2.19. The lowest BCUT2D eigenvalue weighted by atomic mass is 10.0. The smallest absolute Gasteiger partial charge is 0.289 e. The molecule has 1 aromatic heterocycles. The zero-order chi connectivity index (χ0) is 39.9. The molecular weight excluding hydrogens is 764 g/mol. The van der Waals surface area contributed by atoms with Crippen LogP contribution >= 0.6 is 11.6 Å². The van der Waals surface area contributed by atoms with Crippen molar-refractivity contribution in [1.29, 1.82) is 0 Å². The van der Waals surface area contributed by atoms with Gasteiger partial charge in [-0.15, -0.1) is 0 Å². The second kappa shape index (κ2) is 16.9. The van der Waals surface area contributed by atoms with Gasteiger partial charge in [0.1, 0.15) is 23.4 Å². The Bertz CT molecular complexity index is 2670. The third kappa shape index (κ3) is 9.21. The summed E-state index contributed by atoms with van der Waals surface area (Å²) in [5.41, 5.74) is 5.19. The lowest BCUT2D eigenvalue weighted by molar-refractivity contribution is -0.384. The second-order valence-corrected chi connectivity index (χ2v) is 15.3. The van der Waals surface area contributed by atoms with Gasteiger partial charge in [0.15, 0.2) is 0 Å². The summed E-state index contributed by atoms with van der Waals surface area (Å²) in [7, 11) is -4.63. The first kappa shape index (κ1) is 38.5. The van der Waals surface area contributed by atoms with Crippen LogP contribution in [0.4, 0.5) is 5.69 Å². The largest absolute Gasteiger partial charge is 0.489 e. The van der Waals surface area contributed by atoms with E-state index >= 15 is 0 Å². The van der Waals surface area contributed by atoms with Gasteiger partial charge in [0.2, 0.25) is 0 Å². The molecule has 57 heavy (non-hydrogen) atoms. The van der Waals surface area contributed by atoms with Crippen molar-refractivity contribution in [2.24, 2.45) is 0 Å². The van der Waals surface area contributed by atoms with Crippen LogP contribution in [0.25, 0.3) is 22.0 Å². The number of ether oxygens (including phenoxy) is 1. The molecule has 0 aliphatic heterocycles. The molecule has 7 rings (SSSR count). The highest BCUT2D eigenvalue weighted by Crippen LogP contribution is 2.28. The van der Waals surface area contributed by atoms with Crippen LogP contribution in [-0.4, -0.2) is 35.8 Å². The molecule has 0 fully saturated rings. The quantitative estimate of drug-likeness (QED) is 0.0830. The van der Waals surface area contributed by atoms with Crippen LogP contribution in [-0.2, 0) is 34.4 Å². The fourth-order valence-corrected chi connectivity index (χ4v) is 7.62. The third-order valence-corrected chi connectivity index (χ3v) is 11.0. The first-order valence-corrected chi connectivity index (χ1v) is 19.7. The number of carbonyl (C=O) groups is 2. The predicted octanol–water partition coefficient (Wildman–Crippen LogP) is 8.34. The standard InChI is InChI=1S/C44H35ClN4O7S/c45-39-24-23-36(26-42(39)49(52)53)57(54,55)47-44(51)40(25-30-17-21-35(22-18-30)56-29-32-9-3-1-4-10-32)46-43(50)38-28-48(41-14-8-7-13-37(38)41)27-31-15-19-34(20-16-31)33-11-5-2-6-12-33/h1-24,26,28,40H,25,27,29H2,(H,46,50)(H,47,51)/t40-/m0/s1. The van der Waals surface area contributed by atoms with Gasteiger partial charge in [0, 0.05) is 36.1 Å². The molecule has 286 valence electrons. The van der Waals surface area contributed by atoms with Gasteiger partial charge < -0.3 is 14.6 Å². The molecule has 0 unspecified atom stereocenters. The Hall–Kier alpha value is -6.76. The summed E-state index contributed by atoms with van der Waals surface area (Å²) in [4.78, 5) is 38.1. The topological polar surface area (TPSA) is 150 Å². The molecule has 11 nitrogen and oxygen atoms in total. The van der Waals surface area contributed by atoms with Gasteiger partial charge in [-0.3, -0.25) is 19.7 Å². The van der Waals surface area contributed by atoms with Gasteiger partial charge >= 0.3 is 0 Å². The van der Waals surface area contributed by atoms with Crippen molar-refractivity contribution >= 4 is 50.0 Å². The van der Waals surface area contributed by atoms with Gasteiger partial charge in [-0.25, -0.2) is 13.1 Å². The number of nitrogens with one attached hydrogen (secondary N) is 2. The monoisotopic (exact) mass is 798 g/mol. The van der Waals surface area contributed by atoms with Crippen molar-refractivity contribution in [1.82, 2.24) is 14.6 Å². The Morgan fingerprint density at radius 3 is 2.09 bits per heavy atom. The van der Waals surface area contributed by atoms with E-state index in [1.54, 1.807) is 36.5 Å². The number of fused-ring (bicyclic) bond motifs is 1. The molecule has 6 aromatic carbocycles. The Balaban J connectivity index is 1.14. The van der Waals surface area contributed by atoms with Crippen LogP contribution < -0.4 is 14.8 Å². The molecule has 0 spiro atoms. The molecule has 0 saturated heterocycles. The first-order chi connectivity index (χ1) is 27.5. The van der Waals surface area contributed by atoms with Gasteiger partial charge in [-0.1, -0.05) is 127 Å². The molecule has 0 bridgehead atoms. The van der Waals surface area contributed by atoms with Crippen LogP contribution in [0, 0.1) is 10.1 Å². The van der Waals surface area contributed by atoms with Crippen LogP contribution in [0.5, 0.6) is 5.75 Å². The van der Waals surface area contributed by atoms with Gasteiger partial charge in [-0.05, 0) is 58.1 Å². The normalized spacial score (nSPS) is 11.8. The summed E-state index contributed by atoms with van der Waals surface area (Å²) in [6.07, 6.45) is 1.61. The molecule has 0 saturated carbocycles. The Morgan fingerprint density at radius 1 is 0.754 bits per heavy atom. The fraction of sp³-hybridized carbons (Fsp3) is 0.0909. The number of aromatic nitrogens is 1. The van der Waals surface area contributed by atoms with E-state index in [0.29, 0.717) is 29.9 Å². The number of rotatable bonds is 14. The Kier molecular flexibility index (Phi) is 11.4. The minimum Gasteiger partial charge on any atom is -0.489 e. The molecule has 2 amide bonds. The van der Waals surface area contributed by atoms with Crippen LogP contribution in [0.1, 0.15) is 27.0 Å². The summed E-state index contributed by atoms with van der Waals surface area (Å²) in [6.45, 7) is 0.797. The molecular formula is C44H35ClN4O7S. The van der Waals surface area contributed by atoms with E-state index < -0.39 is 43.4 Å². The number of halogens is 1. The zero-order valence-corrected chi connectivity index (χ0v) is 31.8. The van der Waals surface area contributed by atoms with Gasteiger partial charge in [0.05, 0.1) is 15.4 Å². The Morgan fingerprint density at radius 2 is 1.39 bits per heavy atom. The molecule has 0 aliphatic carbocycles. The maximum absolute atomic E-state index is 14.1. The summed E-state index contributed by atoms with van der Waals surface area (Å²) < 4.78 is 36.6. The lowest BCUT2D eigenvalue weighted by Crippen LogP contribution is -2.49. The minimum absolute atomic E-state index is 0.0980. The predicted molar refractivity (Wildman–Crippen MR) is 219 cm³/mol. The van der Waals surface area contributed by atoms with Crippen molar-refractivity contribution in [2.75, 3.05) is 0 Å². The van der Waals surface area contributed by atoms with Crippen molar-refractivity contribution in [3.05, 3.63) is 195 Å². The third-order valence-electron chi connectivity index (χ3n) is 9.34. The maximum Gasteiger partial charge on any atom is 0.289 e. The highest BCUT2D eigenvalue weighted by Gasteiger charge is 2.29. The number of hydrogen-bond donors (Lipinski definition) is 2. The second-order valence-electron chi connectivity index (χ2n) is 13.2. The maximum atomic E-state index is 14.1. The first-order valence-electron chi connectivity index (χ1n) is 17.8. The number of nitrogens with zero attached hydrogens (tertiary/aromatic N) is 2. The molecule has 0 aliphatic rings. The van der Waals surface area contributed by atoms with E-state index in [4.69, 9.17) is 16.3 Å². The number of hydrogen-bond acceptors (Lipinski definition) is 7. The molecule has 1 heterocycles. The number of nitro groups is 1. The summed E-state index contributed by atoms with van der Waals surface area (Å²) in [5.74, 6) is -1.08. The number of sulfonamides is 1. The molecule has 7 aromatic rings. The van der Waals surface area contributed by atoms with Crippen molar-refractivity contribution in [2.45, 2.75) is 30.5 Å². The number of amides is 2. The average molecular weight is 799 g/mol. The molecule has 2 N–H and O–H groups in total. The average Bonchev–Trinajstić information content (AvgIpc) is 3.59. The van der Waals surface area contributed by atoms with E-state index in [-0.39, 0.29) is 17.0 Å².